The van der Waals surface area contributed by atoms with Gasteiger partial charge in [0, 0.05) is 67.4 Å². The van der Waals surface area contributed by atoms with Gasteiger partial charge in [0.25, 0.3) is 0 Å². The third kappa shape index (κ3) is 11.1. The lowest BCUT2D eigenvalue weighted by Crippen LogP contribution is -2.28. The predicted molar refractivity (Wildman–Crippen MR) is 226 cm³/mol. The molecule has 3 aromatic carbocycles. The average molecular weight is 853 g/mol. The Kier molecular flexibility index (Phi) is 14.7. The number of ether oxygens (including phenoxy) is 2. The number of pyridine rings is 2. The molecule has 3 heterocycles. The number of nitrogens with one attached hydrogen (secondary N) is 2. The van der Waals surface area contributed by atoms with Crippen LogP contribution in [0.4, 0.5) is 0 Å². The molecular weight excluding hydrogens is 809 g/mol. The number of carbonyl (C=O) groups is 2. The molecule has 5 N–H and O–H groups in total. The lowest BCUT2D eigenvalue weighted by atomic mass is 9.91. The second-order valence-corrected chi connectivity index (χ2v) is 15.0. The molecule has 3 aromatic heterocycles. The smallest absolute Gasteiger partial charge is 0.306 e. The van der Waals surface area contributed by atoms with Crippen LogP contribution in [0, 0.1) is 25.2 Å². The number of nitriles is 1. The van der Waals surface area contributed by atoms with Gasteiger partial charge in [-0.05, 0) is 78.4 Å². The molecule has 0 saturated carbocycles. The van der Waals surface area contributed by atoms with Crippen LogP contribution in [0.5, 0.6) is 11.5 Å². The molecule has 6 aromatic rings. The van der Waals surface area contributed by atoms with E-state index in [0.717, 1.165) is 44.5 Å². The third-order valence-corrected chi connectivity index (χ3v) is 10.3. The topological polar surface area (TPSA) is 204 Å². The van der Waals surface area contributed by atoms with Crippen molar-refractivity contribution in [2.24, 2.45) is 0 Å². The zero-order valence-electron chi connectivity index (χ0n) is 32.9. The van der Waals surface area contributed by atoms with E-state index in [4.69, 9.17) is 53.0 Å². The monoisotopic (exact) mass is 851 g/mol. The minimum atomic E-state index is -1.07. The maximum Gasteiger partial charge on any atom is 0.306 e. The summed E-state index contributed by atoms with van der Waals surface area (Å²) in [5, 5.41) is 48.9. The summed E-state index contributed by atoms with van der Waals surface area (Å²) in [7, 11) is 0. The zero-order chi connectivity index (χ0) is 42.8. The van der Waals surface area contributed by atoms with E-state index < -0.39 is 18.0 Å². The molecule has 0 aliphatic heterocycles. The van der Waals surface area contributed by atoms with Gasteiger partial charge in [-0.2, -0.15) is 5.26 Å². The van der Waals surface area contributed by atoms with E-state index >= 15 is 0 Å². The fourth-order valence-corrected chi connectivity index (χ4v) is 7.17. The summed E-state index contributed by atoms with van der Waals surface area (Å²) in [5.74, 6) is -0.495. The quantitative estimate of drug-likeness (QED) is 0.0480. The van der Waals surface area contributed by atoms with Gasteiger partial charge in [-0.1, -0.05) is 59.6 Å². The van der Waals surface area contributed by atoms with E-state index in [-0.39, 0.29) is 32.6 Å². The summed E-state index contributed by atoms with van der Waals surface area (Å²) in [4.78, 5) is 30.7. The number of aliphatic carboxylic acids is 2. The molecule has 0 amide bonds. The molecule has 0 fully saturated rings. The summed E-state index contributed by atoms with van der Waals surface area (Å²) in [6, 6.07) is 21.1. The van der Waals surface area contributed by atoms with Crippen molar-refractivity contribution in [1.82, 2.24) is 30.2 Å². The Bertz CT molecular complexity index is 2560. The van der Waals surface area contributed by atoms with Crippen molar-refractivity contribution in [1.29, 1.82) is 5.26 Å². The minimum Gasteiger partial charge on any atom is -0.488 e. The van der Waals surface area contributed by atoms with Gasteiger partial charge in [0.15, 0.2) is 11.5 Å². The van der Waals surface area contributed by atoms with Crippen LogP contribution in [0.25, 0.3) is 28.2 Å². The number of carboxylic acids is 2. The first kappa shape index (κ1) is 43.5. The fraction of sp³-hybridized carbons (Fsp3) is 0.273. The van der Waals surface area contributed by atoms with Gasteiger partial charge in [-0.25, -0.2) is 9.50 Å². The number of rotatable bonds is 20. The molecule has 14 nitrogen and oxygen atoms in total. The molecular formula is C44H43Cl2N7O7. The van der Waals surface area contributed by atoms with Crippen LogP contribution in [0.3, 0.4) is 0 Å². The molecule has 0 aliphatic carbocycles. The van der Waals surface area contributed by atoms with Crippen LogP contribution < -0.4 is 20.1 Å². The number of hydrogen-bond acceptors (Lipinski definition) is 11. The van der Waals surface area contributed by atoms with Crippen LogP contribution in [0.15, 0.2) is 79.3 Å². The molecule has 0 bridgehead atoms. The van der Waals surface area contributed by atoms with E-state index in [9.17, 15) is 20.0 Å². The van der Waals surface area contributed by atoms with Gasteiger partial charge < -0.3 is 35.4 Å². The Balaban J connectivity index is 1.20. The Hall–Kier alpha value is -6.08. The molecule has 1 atom stereocenters. The van der Waals surface area contributed by atoms with Crippen LogP contribution in [-0.2, 0) is 35.9 Å². The maximum atomic E-state index is 11.0. The maximum absolute atomic E-state index is 11.0. The molecule has 6 rings (SSSR count). The summed E-state index contributed by atoms with van der Waals surface area (Å²) in [6.07, 6.45) is 4.07. The highest BCUT2D eigenvalue weighted by molar-refractivity contribution is 6.33. The number of aromatic nitrogens is 4. The Morgan fingerprint density at radius 3 is 2.37 bits per heavy atom. The highest BCUT2D eigenvalue weighted by Crippen LogP contribution is 2.37. The predicted octanol–water partition coefficient (Wildman–Crippen LogP) is 7.29. The number of aliphatic hydroxyl groups excluding tert-OH is 1. The third-order valence-electron chi connectivity index (χ3n) is 9.75. The molecule has 0 saturated heterocycles. The fourth-order valence-electron chi connectivity index (χ4n) is 6.66. The summed E-state index contributed by atoms with van der Waals surface area (Å²) < 4.78 is 14.2. The van der Waals surface area contributed by atoms with Crippen molar-refractivity contribution in [2.45, 2.75) is 65.5 Å². The number of carboxylic acid groups (broad SMARTS) is 2. The Morgan fingerprint density at radius 1 is 0.850 bits per heavy atom. The van der Waals surface area contributed by atoms with Gasteiger partial charge in [0.1, 0.15) is 30.8 Å². The SMILES string of the molecule is Cc1c(COc2cc(OCc3cncc(C#N)c3)c(CNCCCC(=O)O)cc2Cl)cccc1-c1cccc(-c2nc3c(Cl)cc(CNC[C@@H](O)CC(=O)O)cn3n2)c1C. The van der Waals surface area contributed by atoms with Crippen molar-refractivity contribution in [3.05, 3.63) is 128 Å². The highest BCUT2D eigenvalue weighted by Gasteiger charge is 2.18. The first-order valence-corrected chi connectivity index (χ1v) is 19.8. The number of benzene rings is 3. The van der Waals surface area contributed by atoms with E-state index in [1.165, 1.54) is 6.20 Å². The van der Waals surface area contributed by atoms with E-state index in [0.29, 0.717) is 70.2 Å². The summed E-state index contributed by atoms with van der Waals surface area (Å²) >= 11 is 13.4. The van der Waals surface area contributed by atoms with Gasteiger partial charge in [-0.15, -0.1) is 5.10 Å². The second kappa shape index (κ2) is 20.3. The van der Waals surface area contributed by atoms with E-state index in [2.05, 4.69) is 27.8 Å². The van der Waals surface area contributed by atoms with Gasteiger partial charge in [-0.3, -0.25) is 14.6 Å². The molecule has 310 valence electrons. The van der Waals surface area contributed by atoms with Crippen molar-refractivity contribution < 1.29 is 34.4 Å². The Labute approximate surface area is 356 Å². The molecule has 0 aliphatic rings. The highest BCUT2D eigenvalue weighted by atomic mass is 35.5. The molecule has 0 unspecified atom stereocenters. The molecule has 0 radical (unpaired) electrons. The first-order chi connectivity index (χ1) is 28.9. The van der Waals surface area contributed by atoms with Crippen molar-refractivity contribution >= 4 is 40.8 Å². The Morgan fingerprint density at radius 2 is 1.60 bits per heavy atom. The lowest BCUT2D eigenvalue weighted by Gasteiger charge is -2.18. The van der Waals surface area contributed by atoms with E-state index in [1.54, 1.807) is 41.2 Å². The van der Waals surface area contributed by atoms with Gasteiger partial charge in [0.05, 0.1) is 28.1 Å². The van der Waals surface area contributed by atoms with Crippen LogP contribution in [0.1, 0.15) is 58.2 Å². The van der Waals surface area contributed by atoms with Gasteiger partial charge >= 0.3 is 11.9 Å². The normalized spacial score (nSPS) is 11.7. The molecule has 0 spiro atoms. The lowest BCUT2D eigenvalue weighted by molar-refractivity contribution is -0.139. The molecule has 16 heteroatoms. The number of aliphatic hydroxyl groups is 1. The number of hydrogen-bond donors (Lipinski definition) is 5. The number of fused-ring (bicyclic) bond motifs is 1. The average Bonchev–Trinajstić information content (AvgIpc) is 3.65. The van der Waals surface area contributed by atoms with Crippen LogP contribution in [0.2, 0.25) is 10.0 Å². The molecule has 60 heavy (non-hydrogen) atoms. The summed E-state index contributed by atoms with van der Waals surface area (Å²) in [5.41, 5.74) is 8.90. The second-order valence-electron chi connectivity index (χ2n) is 14.2. The van der Waals surface area contributed by atoms with Crippen molar-refractivity contribution in [3.8, 4) is 40.1 Å². The number of nitrogens with zero attached hydrogens (tertiary/aromatic N) is 5. The van der Waals surface area contributed by atoms with Crippen molar-refractivity contribution in [2.75, 3.05) is 13.1 Å². The first-order valence-electron chi connectivity index (χ1n) is 19.1. The minimum absolute atomic E-state index is 0.0564. The zero-order valence-corrected chi connectivity index (χ0v) is 34.4. The van der Waals surface area contributed by atoms with Crippen LogP contribution >= 0.6 is 23.2 Å². The van der Waals surface area contributed by atoms with Gasteiger partial charge in [0.2, 0.25) is 0 Å². The number of halogens is 2. The van der Waals surface area contributed by atoms with E-state index in [1.807, 2.05) is 44.2 Å². The largest absolute Gasteiger partial charge is 0.488 e. The van der Waals surface area contributed by atoms with Crippen molar-refractivity contribution in [3.63, 3.8) is 0 Å². The standard InChI is InChI=1S/C44H43Cl2N7O7/c1-26-31(25-60-40-16-39(59-24-30-12-28(17-47)18-49-20-30)32(14-37(40)45)21-48-11-5-10-41(55)56)6-3-7-34(26)35-8-4-9-36(27(35)2)43-51-44-38(46)13-29(23-53(44)52-43)19-50-22-33(54)15-42(57)58/h3-4,6-9,12-14,16,18,20,23,33,48,50,54H,5,10-11,15,19,21-22,24-25H2,1-2H3,(H,55,56)(H,57,58)/t33-/m0/s1. The summed E-state index contributed by atoms with van der Waals surface area (Å²) in [6.45, 7) is 5.74. The van der Waals surface area contributed by atoms with Crippen LogP contribution in [-0.4, -0.2) is 66.0 Å².